The number of aromatic nitrogens is 1. The van der Waals surface area contributed by atoms with Gasteiger partial charge >= 0.3 is 5.97 Å². The summed E-state index contributed by atoms with van der Waals surface area (Å²) in [5.74, 6) is 3.41. The van der Waals surface area contributed by atoms with Crippen LogP contribution >= 0.6 is 0 Å². The SMILES string of the molecule is CCCC[C@H]1CC[C@H](CC[C@H]2CC[C@H](C(=O)Oc3ccc(CC)nc3)CC2)CC1. The van der Waals surface area contributed by atoms with Gasteiger partial charge < -0.3 is 4.74 Å². The standard InChI is InChI=1S/C26H41NO2/c1-3-5-6-20-7-9-21(10-8-20)11-12-22-13-15-23(16-14-22)26(28)29-25-18-17-24(4-2)27-19-25/h17-23H,3-16H2,1-2H3/t20-,21-,22-,23-. The van der Waals surface area contributed by atoms with Crippen molar-refractivity contribution in [3.05, 3.63) is 24.0 Å². The van der Waals surface area contributed by atoms with Crippen molar-refractivity contribution in [2.45, 2.75) is 104 Å². The van der Waals surface area contributed by atoms with Gasteiger partial charge in [-0.15, -0.1) is 0 Å². The number of aryl methyl sites for hydroxylation is 1. The average Bonchev–Trinajstić information content (AvgIpc) is 2.78. The van der Waals surface area contributed by atoms with Crippen LogP contribution in [-0.2, 0) is 11.2 Å². The summed E-state index contributed by atoms with van der Waals surface area (Å²) in [6, 6.07) is 3.81. The molecule has 3 nitrogen and oxygen atoms in total. The Labute approximate surface area is 178 Å². The van der Waals surface area contributed by atoms with E-state index in [-0.39, 0.29) is 11.9 Å². The maximum absolute atomic E-state index is 12.5. The second-order valence-corrected chi connectivity index (χ2v) is 9.58. The van der Waals surface area contributed by atoms with Crippen molar-refractivity contribution >= 4 is 5.97 Å². The van der Waals surface area contributed by atoms with E-state index < -0.39 is 0 Å². The van der Waals surface area contributed by atoms with Crippen LogP contribution in [0.1, 0.15) is 103 Å². The van der Waals surface area contributed by atoms with Gasteiger partial charge in [0.2, 0.25) is 0 Å². The molecule has 2 saturated carbocycles. The second kappa shape index (κ2) is 11.7. The first-order valence-corrected chi connectivity index (χ1v) is 12.3. The molecule has 0 unspecified atom stereocenters. The minimum Gasteiger partial charge on any atom is -0.425 e. The first kappa shape index (κ1) is 22.3. The van der Waals surface area contributed by atoms with E-state index in [1.54, 1.807) is 6.20 Å². The lowest BCUT2D eigenvalue weighted by Gasteiger charge is -2.31. The number of rotatable bonds is 9. The smallest absolute Gasteiger partial charge is 0.314 e. The summed E-state index contributed by atoms with van der Waals surface area (Å²) in [6.07, 6.45) is 19.8. The van der Waals surface area contributed by atoms with Crippen LogP contribution in [0.2, 0.25) is 0 Å². The Kier molecular flexibility index (Phi) is 9.01. The molecule has 3 heteroatoms. The maximum Gasteiger partial charge on any atom is 0.314 e. The van der Waals surface area contributed by atoms with Crippen LogP contribution in [0.3, 0.4) is 0 Å². The highest BCUT2D eigenvalue weighted by Gasteiger charge is 2.29. The first-order chi connectivity index (χ1) is 14.2. The average molecular weight is 400 g/mol. The Bertz CT molecular complexity index is 596. The number of pyridine rings is 1. The number of carbonyl (C=O) groups is 1. The van der Waals surface area contributed by atoms with E-state index in [1.807, 2.05) is 12.1 Å². The fourth-order valence-corrected chi connectivity index (χ4v) is 5.34. The van der Waals surface area contributed by atoms with Crippen LogP contribution in [0, 0.1) is 23.7 Å². The van der Waals surface area contributed by atoms with Crippen molar-refractivity contribution in [3.8, 4) is 5.75 Å². The van der Waals surface area contributed by atoms with E-state index in [2.05, 4.69) is 18.8 Å². The number of esters is 1. The van der Waals surface area contributed by atoms with Gasteiger partial charge in [0.25, 0.3) is 0 Å². The predicted molar refractivity (Wildman–Crippen MR) is 119 cm³/mol. The number of hydrogen-bond donors (Lipinski definition) is 0. The van der Waals surface area contributed by atoms with Gasteiger partial charge in [-0.25, -0.2) is 0 Å². The number of nitrogens with zero attached hydrogens (tertiary/aromatic N) is 1. The van der Waals surface area contributed by atoms with E-state index in [0.717, 1.165) is 42.7 Å². The van der Waals surface area contributed by atoms with Crippen LogP contribution in [0.15, 0.2) is 18.3 Å². The number of hydrogen-bond acceptors (Lipinski definition) is 3. The minimum absolute atomic E-state index is 0.0556. The van der Waals surface area contributed by atoms with Gasteiger partial charge in [0.15, 0.2) is 0 Å². The third-order valence-corrected chi connectivity index (χ3v) is 7.47. The zero-order valence-corrected chi connectivity index (χ0v) is 18.7. The molecule has 2 fully saturated rings. The van der Waals surface area contributed by atoms with Crippen LogP contribution in [0.25, 0.3) is 0 Å². The van der Waals surface area contributed by atoms with Crippen LogP contribution < -0.4 is 4.74 Å². The Morgan fingerprint density at radius 3 is 2.00 bits per heavy atom. The van der Waals surface area contributed by atoms with E-state index in [9.17, 15) is 4.79 Å². The number of carbonyl (C=O) groups excluding carboxylic acids is 1. The topological polar surface area (TPSA) is 39.2 Å². The van der Waals surface area contributed by atoms with Crippen molar-refractivity contribution in [1.82, 2.24) is 4.98 Å². The van der Waals surface area contributed by atoms with Gasteiger partial charge in [0, 0.05) is 5.69 Å². The Hall–Kier alpha value is -1.38. The fourth-order valence-electron chi connectivity index (χ4n) is 5.34. The van der Waals surface area contributed by atoms with Gasteiger partial charge in [0.1, 0.15) is 5.75 Å². The summed E-state index contributed by atoms with van der Waals surface area (Å²) in [7, 11) is 0. The molecule has 0 spiro atoms. The second-order valence-electron chi connectivity index (χ2n) is 9.58. The lowest BCUT2D eigenvalue weighted by atomic mass is 9.75. The van der Waals surface area contributed by atoms with Gasteiger partial charge in [-0.1, -0.05) is 71.6 Å². The van der Waals surface area contributed by atoms with Gasteiger partial charge in [-0.3, -0.25) is 9.78 Å². The van der Waals surface area contributed by atoms with Crippen LogP contribution in [-0.4, -0.2) is 11.0 Å². The fraction of sp³-hybridized carbons (Fsp3) is 0.769. The number of ether oxygens (including phenoxy) is 1. The van der Waals surface area contributed by atoms with Crippen molar-refractivity contribution in [2.75, 3.05) is 0 Å². The molecular formula is C26H41NO2. The molecule has 0 bridgehead atoms. The van der Waals surface area contributed by atoms with Crippen molar-refractivity contribution in [1.29, 1.82) is 0 Å². The van der Waals surface area contributed by atoms with Crippen molar-refractivity contribution < 1.29 is 9.53 Å². The minimum atomic E-state index is -0.0556. The quantitative estimate of drug-likeness (QED) is 0.414. The molecule has 1 heterocycles. The van der Waals surface area contributed by atoms with Crippen molar-refractivity contribution in [2.24, 2.45) is 23.7 Å². The summed E-state index contributed by atoms with van der Waals surface area (Å²) in [4.78, 5) is 16.8. The Morgan fingerprint density at radius 1 is 0.897 bits per heavy atom. The molecule has 162 valence electrons. The van der Waals surface area contributed by atoms with E-state index >= 15 is 0 Å². The molecular weight excluding hydrogens is 358 g/mol. The third-order valence-electron chi connectivity index (χ3n) is 7.47. The van der Waals surface area contributed by atoms with Crippen molar-refractivity contribution in [3.63, 3.8) is 0 Å². The van der Waals surface area contributed by atoms with Gasteiger partial charge in [-0.2, -0.15) is 0 Å². The summed E-state index contributed by atoms with van der Waals surface area (Å²) >= 11 is 0. The zero-order chi connectivity index (χ0) is 20.5. The molecule has 1 aromatic heterocycles. The highest BCUT2D eigenvalue weighted by atomic mass is 16.5. The predicted octanol–water partition coefficient (Wildman–Crippen LogP) is 7.13. The summed E-state index contributed by atoms with van der Waals surface area (Å²) in [5, 5.41) is 0. The molecule has 0 atom stereocenters. The van der Waals surface area contributed by atoms with Crippen LogP contribution in [0.4, 0.5) is 0 Å². The van der Waals surface area contributed by atoms with E-state index in [4.69, 9.17) is 4.74 Å². The molecule has 0 amide bonds. The maximum atomic E-state index is 12.5. The molecule has 2 aliphatic rings. The molecule has 1 aromatic rings. The highest BCUT2D eigenvalue weighted by molar-refractivity contribution is 5.75. The summed E-state index contributed by atoms with van der Waals surface area (Å²) < 4.78 is 5.58. The lowest BCUT2D eigenvalue weighted by molar-refractivity contribution is -0.140. The normalized spacial score (nSPS) is 27.5. The molecule has 2 aliphatic carbocycles. The summed E-state index contributed by atoms with van der Waals surface area (Å²) in [6.45, 7) is 4.38. The number of unbranched alkanes of at least 4 members (excludes halogenated alkanes) is 1. The lowest BCUT2D eigenvalue weighted by Crippen LogP contribution is -2.26. The molecule has 0 saturated heterocycles. The van der Waals surface area contributed by atoms with E-state index in [1.165, 1.54) is 70.6 Å². The van der Waals surface area contributed by atoms with Gasteiger partial charge in [-0.05, 0) is 62.0 Å². The molecule has 0 aliphatic heterocycles. The molecule has 29 heavy (non-hydrogen) atoms. The summed E-state index contributed by atoms with van der Waals surface area (Å²) in [5.41, 5.74) is 1.03. The first-order valence-electron chi connectivity index (χ1n) is 12.3. The monoisotopic (exact) mass is 399 g/mol. The third kappa shape index (κ3) is 7.12. The highest BCUT2D eigenvalue weighted by Crippen LogP contribution is 2.38. The molecule has 0 radical (unpaired) electrons. The van der Waals surface area contributed by atoms with Gasteiger partial charge in [0.05, 0.1) is 12.1 Å². The molecule has 0 aromatic carbocycles. The zero-order valence-electron chi connectivity index (χ0n) is 18.7. The van der Waals surface area contributed by atoms with Crippen LogP contribution in [0.5, 0.6) is 5.75 Å². The largest absolute Gasteiger partial charge is 0.425 e. The Balaban J connectivity index is 1.31. The molecule has 3 rings (SSSR count). The molecule has 0 N–H and O–H groups in total. The Morgan fingerprint density at radius 2 is 1.48 bits per heavy atom. The van der Waals surface area contributed by atoms with E-state index in [0.29, 0.717) is 5.75 Å².